The lowest BCUT2D eigenvalue weighted by Gasteiger charge is -2.17. The van der Waals surface area contributed by atoms with Gasteiger partial charge in [-0.1, -0.05) is 23.4 Å². The van der Waals surface area contributed by atoms with Crippen LogP contribution in [0, 0.1) is 2.88 Å². The molecule has 2 aromatic rings. The SMILES string of the molecule is CN(Cc1cccc(C(N)=NO)c1)C(=O)c1csc(I)c1. The summed E-state index contributed by atoms with van der Waals surface area (Å²) in [6.07, 6.45) is 0. The van der Waals surface area contributed by atoms with Crippen LogP contribution >= 0.6 is 33.9 Å². The second kappa shape index (κ2) is 6.90. The Labute approximate surface area is 140 Å². The summed E-state index contributed by atoms with van der Waals surface area (Å²) >= 11 is 3.74. The third kappa shape index (κ3) is 3.94. The molecular weight excluding hydrogens is 401 g/mol. The average Bonchev–Trinajstić information content (AvgIpc) is 2.92. The number of carbonyl (C=O) groups is 1. The molecule has 0 aliphatic heterocycles. The highest BCUT2D eigenvalue weighted by atomic mass is 127. The lowest BCUT2D eigenvalue weighted by atomic mass is 10.1. The minimum Gasteiger partial charge on any atom is -0.409 e. The Morgan fingerprint density at radius 1 is 1.43 bits per heavy atom. The van der Waals surface area contributed by atoms with Crippen LogP contribution in [0.3, 0.4) is 0 Å². The van der Waals surface area contributed by atoms with Crippen molar-refractivity contribution in [2.24, 2.45) is 10.9 Å². The number of nitrogens with two attached hydrogens (primary N) is 1. The van der Waals surface area contributed by atoms with Gasteiger partial charge in [-0.3, -0.25) is 4.79 Å². The molecule has 1 heterocycles. The standard InChI is InChI=1S/C14H14IN3O2S/c1-18(14(19)11-6-12(15)21-8-11)7-9-3-2-4-10(5-9)13(16)17-20/h2-6,8,20H,7H2,1H3,(H2,16,17). The highest BCUT2D eigenvalue weighted by Crippen LogP contribution is 2.18. The van der Waals surface area contributed by atoms with Crippen molar-refractivity contribution in [3.63, 3.8) is 0 Å². The molecule has 0 atom stereocenters. The van der Waals surface area contributed by atoms with E-state index in [0.29, 0.717) is 17.7 Å². The molecule has 0 bridgehead atoms. The van der Waals surface area contributed by atoms with E-state index in [0.717, 1.165) is 8.45 Å². The molecule has 1 aromatic heterocycles. The van der Waals surface area contributed by atoms with Crippen molar-refractivity contribution in [1.82, 2.24) is 4.90 Å². The number of amidine groups is 1. The van der Waals surface area contributed by atoms with Gasteiger partial charge in [-0.25, -0.2) is 0 Å². The van der Waals surface area contributed by atoms with Gasteiger partial charge in [-0.15, -0.1) is 11.3 Å². The van der Waals surface area contributed by atoms with Crippen LogP contribution < -0.4 is 5.73 Å². The van der Waals surface area contributed by atoms with Crippen molar-refractivity contribution >= 4 is 45.7 Å². The van der Waals surface area contributed by atoms with Crippen molar-refractivity contribution in [1.29, 1.82) is 0 Å². The van der Waals surface area contributed by atoms with Gasteiger partial charge in [0.1, 0.15) is 0 Å². The van der Waals surface area contributed by atoms with Crippen LogP contribution in [-0.4, -0.2) is 28.9 Å². The molecule has 0 spiro atoms. The van der Waals surface area contributed by atoms with Gasteiger partial charge < -0.3 is 15.8 Å². The number of hydrogen-bond donors (Lipinski definition) is 2. The number of carbonyl (C=O) groups excluding carboxylic acids is 1. The number of halogens is 1. The highest BCUT2D eigenvalue weighted by molar-refractivity contribution is 14.1. The number of hydrogen-bond acceptors (Lipinski definition) is 4. The molecule has 0 saturated carbocycles. The Morgan fingerprint density at radius 3 is 2.81 bits per heavy atom. The van der Waals surface area contributed by atoms with Gasteiger partial charge in [0.05, 0.1) is 8.45 Å². The predicted molar refractivity (Wildman–Crippen MR) is 91.8 cm³/mol. The van der Waals surface area contributed by atoms with Crippen LogP contribution in [-0.2, 0) is 6.54 Å². The van der Waals surface area contributed by atoms with E-state index < -0.39 is 0 Å². The summed E-state index contributed by atoms with van der Waals surface area (Å²) in [5.74, 6) is 0.0292. The van der Waals surface area contributed by atoms with Crippen LogP contribution in [0.1, 0.15) is 21.5 Å². The maximum Gasteiger partial charge on any atom is 0.254 e. The maximum absolute atomic E-state index is 12.3. The van der Waals surface area contributed by atoms with Crippen LogP contribution in [0.5, 0.6) is 0 Å². The third-order valence-corrected chi connectivity index (χ3v) is 4.70. The number of amides is 1. The fourth-order valence-corrected chi connectivity index (χ4v) is 3.20. The minimum atomic E-state index is -0.0247. The van der Waals surface area contributed by atoms with Crippen LogP contribution in [0.15, 0.2) is 40.9 Å². The van der Waals surface area contributed by atoms with Gasteiger partial charge in [0.2, 0.25) is 0 Å². The summed E-state index contributed by atoms with van der Waals surface area (Å²) in [7, 11) is 1.75. The molecule has 0 saturated heterocycles. The van der Waals surface area contributed by atoms with Crippen LogP contribution in [0.4, 0.5) is 0 Å². The first kappa shape index (κ1) is 15.8. The molecule has 1 aromatic carbocycles. The van der Waals surface area contributed by atoms with E-state index in [9.17, 15) is 4.79 Å². The van der Waals surface area contributed by atoms with E-state index in [1.165, 1.54) is 0 Å². The normalized spacial score (nSPS) is 11.4. The van der Waals surface area contributed by atoms with Crippen molar-refractivity contribution in [3.8, 4) is 0 Å². The molecule has 0 unspecified atom stereocenters. The molecule has 0 aliphatic rings. The Kier molecular flexibility index (Phi) is 5.18. The van der Waals surface area contributed by atoms with E-state index in [-0.39, 0.29) is 11.7 Å². The fourth-order valence-electron chi connectivity index (χ4n) is 1.88. The zero-order valence-corrected chi connectivity index (χ0v) is 14.3. The Morgan fingerprint density at radius 2 is 2.19 bits per heavy atom. The zero-order chi connectivity index (χ0) is 15.4. The van der Waals surface area contributed by atoms with Crippen molar-refractivity contribution in [3.05, 3.63) is 55.3 Å². The van der Waals surface area contributed by atoms with E-state index in [1.54, 1.807) is 35.4 Å². The smallest absolute Gasteiger partial charge is 0.254 e. The van der Waals surface area contributed by atoms with Gasteiger partial charge in [-0.2, -0.15) is 0 Å². The summed E-state index contributed by atoms with van der Waals surface area (Å²) in [5, 5.41) is 13.5. The van der Waals surface area contributed by atoms with E-state index >= 15 is 0 Å². The molecule has 3 N–H and O–H groups in total. The van der Waals surface area contributed by atoms with Gasteiger partial charge >= 0.3 is 0 Å². The number of rotatable bonds is 4. The number of benzene rings is 1. The van der Waals surface area contributed by atoms with Gasteiger partial charge in [0, 0.05) is 24.5 Å². The van der Waals surface area contributed by atoms with Crippen LogP contribution in [0.25, 0.3) is 0 Å². The minimum absolute atomic E-state index is 0.0247. The molecule has 0 radical (unpaired) electrons. The molecule has 0 aliphatic carbocycles. The topological polar surface area (TPSA) is 78.9 Å². The van der Waals surface area contributed by atoms with E-state index in [1.807, 2.05) is 23.6 Å². The predicted octanol–water partition coefficient (Wildman–Crippen LogP) is 2.72. The van der Waals surface area contributed by atoms with Gasteiger partial charge in [0.25, 0.3) is 5.91 Å². The first-order valence-corrected chi connectivity index (χ1v) is 8.03. The monoisotopic (exact) mass is 415 g/mol. The summed E-state index contributed by atoms with van der Waals surface area (Å²) in [6, 6.07) is 9.14. The van der Waals surface area contributed by atoms with Crippen molar-refractivity contribution < 1.29 is 10.0 Å². The van der Waals surface area contributed by atoms with Gasteiger partial charge in [0.15, 0.2) is 5.84 Å². The molecule has 2 rings (SSSR count). The largest absolute Gasteiger partial charge is 0.409 e. The van der Waals surface area contributed by atoms with E-state index in [2.05, 4.69) is 27.7 Å². The fraction of sp³-hybridized carbons (Fsp3) is 0.143. The van der Waals surface area contributed by atoms with Gasteiger partial charge in [-0.05, 0) is 40.3 Å². The van der Waals surface area contributed by atoms with Crippen molar-refractivity contribution in [2.75, 3.05) is 7.05 Å². The molecule has 110 valence electrons. The highest BCUT2D eigenvalue weighted by Gasteiger charge is 2.14. The van der Waals surface area contributed by atoms with E-state index in [4.69, 9.17) is 10.9 Å². The quantitative estimate of drug-likeness (QED) is 0.265. The third-order valence-electron chi connectivity index (χ3n) is 2.91. The summed E-state index contributed by atoms with van der Waals surface area (Å²) in [6.45, 7) is 0.456. The average molecular weight is 415 g/mol. The molecule has 7 heteroatoms. The molecule has 21 heavy (non-hydrogen) atoms. The lowest BCUT2D eigenvalue weighted by molar-refractivity contribution is 0.0785. The number of nitrogens with zero attached hydrogens (tertiary/aromatic N) is 2. The second-order valence-corrected chi connectivity index (χ2v) is 7.29. The molecule has 0 fully saturated rings. The maximum atomic E-state index is 12.3. The number of thiophene rings is 1. The Bertz CT molecular complexity index is 684. The Balaban J connectivity index is 2.12. The number of oxime groups is 1. The molecule has 5 nitrogen and oxygen atoms in total. The lowest BCUT2D eigenvalue weighted by Crippen LogP contribution is -2.26. The second-order valence-electron chi connectivity index (χ2n) is 4.49. The van der Waals surface area contributed by atoms with Crippen LogP contribution in [0.2, 0.25) is 0 Å². The molecule has 1 amide bonds. The first-order valence-electron chi connectivity index (χ1n) is 6.07. The summed E-state index contributed by atoms with van der Waals surface area (Å²) in [5.41, 5.74) is 7.80. The summed E-state index contributed by atoms with van der Waals surface area (Å²) in [4.78, 5) is 13.9. The first-order chi connectivity index (χ1) is 10.0. The molecular formula is C14H14IN3O2S. The summed E-state index contributed by atoms with van der Waals surface area (Å²) < 4.78 is 1.08. The zero-order valence-electron chi connectivity index (χ0n) is 11.3. The Hall–Kier alpha value is -1.61. The van der Waals surface area contributed by atoms with Crippen molar-refractivity contribution in [2.45, 2.75) is 6.54 Å².